The number of carboxylic acid groups (broad SMARTS) is 1. The van der Waals surface area contributed by atoms with Gasteiger partial charge in [0.25, 0.3) is 0 Å². The second-order valence-corrected chi connectivity index (χ2v) is 4.01. The molecule has 1 aromatic carbocycles. The van der Waals surface area contributed by atoms with Crippen molar-refractivity contribution in [2.24, 2.45) is 0 Å². The highest BCUT2D eigenvalue weighted by molar-refractivity contribution is 5.80. The van der Waals surface area contributed by atoms with Crippen molar-refractivity contribution in [3.63, 3.8) is 0 Å². The molecule has 0 saturated heterocycles. The van der Waals surface area contributed by atoms with Crippen molar-refractivity contribution in [1.82, 2.24) is 0 Å². The van der Waals surface area contributed by atoms with Crippen LogP contribution in [0.15, 0.2) is 18.2 Å². The monoisotopic (exact) mass is 236 g/mol. The Kier molecular flexibility index (Phi) is 4.40. The quantitative estimate of drug-likeness (QED) is 0.812. The number of carboxylic acids is 1. The fourth-order valence-electron chi connectivity index (χ4n) is 1.70. The molecule has 0 aliphatic rings. The van der Waals surface area contributed by atoms with Crippen LogP contribution < -0.4 is 0 Å². The van der Waals surface area contributed by atoms with Gasteiger partial charge in [0.1, 0.15) is 5.78 Å². The van der Waals surface area contributed by atoms with Crippen LogP contribution in [0.1, 0.15) is 36.6 Å². The molecule has 0 heterocycles. The summed E-state index contributed by atoms with van der Waals surface area (Å²) in [6, 6.07) is 5.13. The van der Waals surface area contributed by atoms with E-state index in [0.717, 1.165) is 12.0 Å². The first-order chi connectivity index (χ1) is 7.95. The van der Waals surface area contributed by atoms with Crippen molar-refractivity contribution in [3.8, 4) is 0 Å². The number of Topliss-reactive ketones (excluding diaryl/α,β-unsaturated/α-hetero) is 1. The molecule has 0 aliphatic carbocycles. The van der Waals surface area contributed by atoms with E-state index in [4.69, 9.17) is 5.11 Å². The van der Waals surface area contributed by atoms with E-state index in [1.54, 1.807) is 18.2 Å². The van der Waals surface area contributed by atoms with E-state index in [0.29, 0.717) is 11.1 Å². The maximum Gasteiger partial charge on any atom is 0.337 e. The maximum atomic E-state index is 11.1. The molecule has 17 heavy (non-hydrogen) atoms. The fraction of sp³-hybridized carbons (Fsp3) is 0.385. The molecule has 0 bridgehead atoms. The number of aliphatic hydroxyl groups is 1. The maximum absolute atomic E-state index is 11.1. The summed E-state index contributed by atoms with van der Waals surface area (Å²) >= 11 is 0. The van der Waals surface area contributed by atoms with Gasteiger partial charge in [-0.2, -0.15) is 0 Å². The smallest absolute Gasteiger partial charge is 0.337 e. The third-order valence-electron chi connectivity index (χ3n) is 2.58. The molecule has 1 rings (SSSR count). The molecule has 0 spiro atoms. The molecule has 0 amide bonds. The van der Waals surface area contributed by atoms with E-state index in [-0.39, 0.29) is 12.2 Å². The summed E-state index contributed by atoms with van der Waals surface area (Å²) in [7, 11) is 0. The highest BCUT2D eigenvalue weighted by atomic mass is 16.4. The molecule has 0 radical (unpaired) electrons. The van der Waals surface area contributed by atoms with Gasteiger partial charge in [-0.05, 0) is 30.0 Å². The molecule has 1 aromatic rings. The number of benzene rings is 1. The lowest BCUT2D eigenvalue weighted by atomic mass is 9.95. The Morgan fingerprint density at radius 2 is 2.00 bits per heavy atom. The predicted molar refractivity (Wildman–Crippen MR) is 62.8 cm³/mol. The molecule has 4 heteroatoms. The SMILES string of the molecule is CCc1ccc(C(O)C(=O)O)c(CC(C)=O)c1. The third kappa shape index (κ3) is 3.39. The van der Waals surface area contributed by atoms with Crippen molar-refractivity contribution in [2.45, 2.75) is 32.8 Å². The van der Waals surface area contributed by atoms with Crippen molar-refractivity contribution in [1.29, 1.82) is 0 Å². The number of ketones is 1. The molecule has 0 aliphatic heterocycles. The van der Waals surface area contributed by atoms with Crippen molar-refractivity contribution >= 4 is 11.8 Å². The Morgan fingerprint density at radius 3 is 2.47 bits per heavy atom. The topological polar surface area (TPSA) is 74.6 Å². The molecular weight excluding hydrogens is 220 g/mol. The average Bonchev–Trinajstić information content (AvgIpc) is 2.27. The highest BCUT2D eigenvalue weighted by Crippen LogP contribution is 2.21. The molecule has 0 saturated carbocycles. The summed E-state index contributed by atoms with van der Waals surface area (Å²) in [5.74, 6) is -1.36. The van der Waals surface area contributed by atoms with E-state index in [1.165, 1.54) is 6.92 Å². The predicted octanol–water partition coefficient (Wildman–Crippen LogP) is 1.50. The van der Waals surface area contributed by atoms with E-state index in [9.17, 15) is 14.7 Å². The van der Waals surface area contributed by atoms with E-state index >= 15 is 0 Å². The Morgan fingerprint density at radius 1 is 1.35 bits per heavy atom. The lowest BCUT2D eigenvalue weighted by Crippen LogP contribution is -2.14. The number of rotatable bonds is 5. The third-order valence-corrected chi connectivity index (χ3v) is 2.58. The van der Waals surface area contributed by atoms with E-state index < -0.39 is 12.1 Å². The largest absolute Gasteiger partial charge is 0.479 e. The number of carbonyl (C=O) groups is 2. The minimum absolute atomic E-state index is 0.0582. The van der Waals surface area contributed by atoms with Gasteiger partial charge in [0, 0.05) is 6.42 Å². The molecule has 1 unspecified atom stereocenters. The molecule has 1 atom stereocenters. The average molecular weight is 236 g/mol. The summed E-state index contributed by atoms with van der Waals surface area (Å²) in [4.78, 5) is 21.9. The van der Waals surface area contributed by atoms with Gasteiger partial charge < -0.3 is 10.2 Å². The summed E-state index contributed by atoms with van der Waals surface area (Å²) < 4.78 is 0. The van der Waals surface area contributed by atoms with Crippen molar-refractivity contribution in [2.75, 3.05) is 0 Å². The van der Waals surface area contributed by atoms with Crippen molar-refractivity contribution < 1.29 is 19.8 Å². The molecule has 4 nitrogen and oxygen atoms in total. The lowest BCUT2D eigenvalue weighted by Gasteiger charge is -2.13. The van der Waals surface area contributed by atoms with Crippen LogP contribution in [-0.4, -0.2) is 22.0 Å². The van der Waals surface area contributed by atoms with Gasteiger partial charge in [0.2, 0.25) is 0 Å². The summed E-state index contributed by atoms with van der Waals surface area (Å²) in [6.07, 6.45) is -0.628. The first kappa shape index (κ1) is 13.4. The normalized spacial score (nSPS) is 12.2. The Labute approximate surface area is 99.9 Å². The molecule has 92 valence electrons. The standard InChI is InChI=1S/C13H16O4/c1-3-9-4-5-11(12(15)13(16)17)10(7-9)6-8(2)14/h4-5,7,12,15H,3,6H2,1-2H3,(H,16,17). The van der Waals surface area contributed by atoms with E-state index in [2.05, 4.69) is 0 Å². The number of aliphatic carboxylic acids is 1. The number of aryl methyl sites for hydroxylation is 1. The fourth-order valence-corrected chi connectivity index (χ4v) is 1.70. The van der Waals surface area contributed by atoms with Crippen LogP contribution in [0.4, 0.5) is 0 Å². The summed E-state index contributed by atoms with van der Waals surface area (Å²) in [5, 5.41) is 18.3. The van der Waals surface area contributed by atoms with Crippen LogP contribution in [0.2, 0.25) is 0 Å². The van der Waals surface area contributed by atoms with Crippen LogP contribution in [0.25, 0.3) is 0 Å². The van der Waals surface area contributed by atoms with Gasteiger partial charge >= 0.3 is 5.97 Å². The second kappa shape index (κ2) is 5.59. The first-order valence-corrected chi connectivity index (χ1v) is 5.47. The van der Waals surface area contributed by atoms with Gasteiger partial charge in [0.15, 0.2) is 6.10 Å². The summed E-state index contributed by atoms with van der Waals surface area (Å²) in [6.45, 7) is 3.41. The van der Waals surface area contributed by atoms with Crippen LogP contribution >= 0.6 is 0 Å². The zero-order valence-electron chi connectivity index (χ0n) is 9.93. The van der Waals surface area contributed by atoms with Crippen LogP contribution in [0.3, 0.4) is 0 Å². The van der Waals surface area contributed by atoms with Gasteiger partial charge in [-0.15, -0.1) is 0 Å². The zero-order valence-corrected chi connectivity index (χ0v) is 9.93. The number of aliphatic hydroxyl groups excluding tert-OH is 1. The van der Waals surface area contributed by atoms with Crippen molar-refractivity contribution in [3.05, 3.63) is 34.9 Å². The highest BCUT2D eigenvalue weighted by Gasteiger charge is 2.20. The number of hydrogen-bond donors (Lipinski definition) is 2. The second-order valence-electron chi connectivity index (χ2n) is 4.01. The Balaban J connectivity index is 3.18. The Hall–Kier alpha value is -1.68. The first-order valence-electron chi connectivity index (χ1n) is 5.47. The van der Waals surface area contributed by atoms with Gasteiger partial charge in [-0.3, -0.25) is 4.79 Å². The van der Waals surface area contributed by atoms with Gasteiger partial charge in [-0.1, -0.05) is 25.1 Å². The van der Waals surface area contributed by atoms with Gasteiger partial charge in [0.05, 0.1) is 0 Å². The van der Waals surface area contributed by atoms with Crippen LogP contribution in [0, 0.1) is 0 Å². The minimum Gasteiger partial charge on any atom is -0.479 e. The van der Waals surface area contributed by atoms with E-state index in [1.807, 2.05) is 6.92 Å². The lowest BCUT2D eigenvalue weighted by molar-refractivity contribution is -0.147. The Bertz CT molecular complexity index is 437. The molecule has 2 N–H and O–H groups in total. The van der Waals surface area contributed by atoms with Gasteiger partial charge in [-0.25, -0.2) is 4.79 Å². The number of hydrogen-bond acceptors (Lipinski definition) is 3. The number of carbonyl (C=O) groups excluding carboxylic acids is 1. The minimum atomic E-state index is -1.57. The van der Waals surface area contributed by atoms with Crippen LogP contribution in [0.5, 0.6) is 0 Å². The molecular formula is C13H16O4. The molecule has 0 aromatic heterocycles. The molecule has 0 fully saturated rings. The van der Waals surface area contributed by atoms with Crippen LogP contribution in [-0.2, 0) is 22.4 Å². The zero-order chi connectivity index (χ0) is 13.0. The summed E-state index contributed by atoms with van der Waals surface area (Å²) in [5.41, 5.74) is 1.90.